The van der Waals surface area contributed by atoms with Gasteiger partial charge in [-0.2, -0.15) is 0 Å². The zero-order chi connectivity index (χ0) is 10.3. The van der Waals surface area contributed by atoms with Crippen molar-refractivity contribution >= 4 is 38.6 Å². The van der Waals surface area contributed by atoms with Gasteiger partial charge in [-0.05, 0) is 18.2 Å². The maximum atomic E-state index is 10.9. The van der Waals surface area contributed by atoms with Crippen LogP contribution in [0, 0.1) is 0 Å². The SMILES string of the molecule is Nc1[nH]c2ccc(Br)cc2c1C(=O)O. The predicted octanol–water partition coefficient (Wildman–Crippen LogP) is 2.21. The molecule has 2 rings (SSSR count). The summed E-state index contributed by atoms with van der Waals surface area (Å²) in [5.41, 5.74) is 6.40. The number of aromatic amines is 1. The highest BCUT2D eigenvalue weighted by Gasteiger charge is 2.15. The first-order valence-electron chi connectivity index (χ1n) is 3.89. The van der Waals surface area contributed by atoms with Gasteiger partial charge in [-0.1, -0.05) is 15.9 Å². The summed E-state index contributed by atoms with van der Waals surface area (Å²) in [6.45, 7) is 0. The molecule has 5 heteroatoms. The first-order chi connectivity index (χ1) is 6.59. The van der Waals surface area contributed by atoms with E-state index in [1.807, 2.05) is 6.07 Å². The zero-order valence-electron chi connectivity index (χ0n) is 7.04. The molecule has 72 valence electrons. The summed E-state index contributed by atoms with van der Waals surface area (Å²) in [4.78, 5) is 13.7. The van der Waals surface area contributed by atoms with Crippen LogP contribution in [-0.4, -0.2) is 16.1 Å². The number of carbonyl (C=O) groups is 1. The van der Waals surface area contributed by atoms with E-state index in [2.05, 4.69) is 20.9 Å². The highest BCUT2D eigenvalue weighted by molar-refractivity contribution is 9.10. The summed E-state index contributed by atoms with van der Waals surface area (Å²) in [6.07, 6.45) is 0. The van der Waals surface area contributed by atoms with Crippen LogP contribution in [0.25, 0.3) is 10.9 Å². The lowest BCUT2D eigenvalue weighted by atomic mass is 10.2. The van der Waals surface area contributed by atoms with Gasteiger partial charge < -0.3 is 15.8 Å². The Bertz CT molecular complexity index is 519. The van der Waals surface area contributed by atoms with E-state index in [0.29, 0.717) is 5.39 Å². The molecular weight excluding hydrogens is 248 g/mol. The lowest BCUT2D eigenvalue weighted by molar-refractivity contribution is 0.0700. The maximum Gasteiger partial charge on any atom is 0.340 e. The van der Waals surface area contributed by atoms with E-state index in [9.17, 15) is 4.79 Å². The second kappa shape index (κ2) is 3.02. The average Bonchev–Trinajstić information content (AvgIpc) is 2.40. The van der Waals surface area contributed by atoms with Crippen LogP contribution >= 0.6 is 15.9 Å². The van der Waals surface area contributed by atoms with Crippen LogP contribution in [0.2, 0.25) is 0 Å². The molecule has 0 radical (unpaired) electrons. The third kappa shape index (κ3) is 1.26. The number of rotatable bonds is 1. The molecule has 0 aliphatic carbocycles. The van der Waals surface area contributed by atoms with Crippen LogP contribution in [0.5, 0.6) is 0 Å². The zero-order valence-corrected chi connectivity index (χ0v) is 8.63. The number of hydrogen-bond donors (Lipinski definition) is 3. The van der Waals surface area contributed by atoms with Gasteiger partial charge in [0.25, 0.3) is 0 Å². The minimum absolute atomic E-state index is 0.126. The standard InChI is InChI=1S/C9H7BrN2O2/c10-4-1-2-6-5(3-4)7(9(13)14)8(11)12-6/h1-3,12H,11H2,(H,13,14). The van der Waals surface area contributed by atoms with E-state index < -0.39 is 5.97 Å². The molecule has 14 heavy (non-hydrogen) atoms. The molecule has 0 unspecified atom stereocenters. The normalized spacial score (nSPS) is 10.6. The second-order valence-electron chi connectivity index (χ2n) is 2.91. The fourth-order valence-corrected chi connectivity index (χ4v) is 1.78. The molecule has 0 fully saturated rings. The van der Waals surface area contributed by atoms with Gasteiger partial charge in [0.2, 0.25) is 0 Å². The Kier molecular flexibility index (Phi) is 1.96. The Hall–Kier alpha value is -1.49. The minimum atomic E-state index is -1.02. The van der Waals surface area contributed by atoms with Crippen molar-refractivity contribution in [2.75, 3.05) is 5.73 Å². The Morgan fingerprint density at radius 2 is 2.21 bits per heavy atom. The number of hydrogen-bond acceptors (Lipinski definition) is 2. The van der Waals surface area contributed by atoms with E-state index in [4.69, 9.17) is 10.8 Å². The maximum absolute atomic E-state index is 10.9. The number of halogens is 1. The van der Waals surface area contributed by atoms with Gasteiger partial charge in [0.1, 0.15) is 11.4 Å². The molecule has 0 atom stereocenters. The molecule has 1 heterocycles. The van der Waals surface area contributed by atoms with Crippen LogP contribution in [-0.2, 0) is 0 Å². The predicted molar refractivity (Wildman–Crippen MR) is 57.4 cm³/mol. The van der Waals surface area contributed by atoms with Gasteiger partial charge in [0, 0.05) is 15.4 Å². The number of anilines is 1. The van der Waals surface area contributed by atoms with Crippen molar-refractivity contribution in [3.05, 3.63) is 28.2 Å². The summed E-state index contributed by atoms with van der Waals surface area (Å²) >= 11 is 3.28. The average molecular weight is 255 g/mol. The summed E-state index contributed by atoms with van der Waals surface area (Å²) in [6, 6.07) is 5.33. The highest BCUT2D eigenvalue weighted by atomic mass is 79.9. The highest BCUT2D eigenvalue weighted by Crippen LogP contribution is 2.26. The number of nitrogens with one attached hydrogen (secondary N) is 1. The summed E-state index contributed by atoms with van der Waals surface area (Å²) in [5.74, 6) is -0.836. The number of nitrogens with two attached hydrogens (primary N) is 1. The van der Waals surface area contributed by atoms with Gasteiger partial charge in [0.15, 0.2) is 0 Å². The molecule has 4 N–H and O–H groups in total. The third-order valence-corrected chi connectivity index (χ3v) is 2.50. The van der Waals surface area contributed by atoms with Gasteiger partial charge >= 0.3 is 5.97 Å². The molecule has 0 bridgehead atoms. The van der Waals surface area contributed by atoms with Crippen molar-refractivity contribution < 1.29 is 9.90 Å². The van der Waals surface area contributed by atoms with Gasteiger partial charge in [0.05, 0.1) is 0 Å². The van der Waals surface area contributed by atoms with Crippen LogP contribution in [0.1, 0.15) is 10.4 Å². The van der Waals surface area contributed by atoms with E-state index in [1.54, 1.807) is 12.1 Å². The van der Waals surface area contributed by atoms with Gasteiger partial charge in [-0.25, -0.2) is 4.79 Å². The topological polar surface area (TPSA) is 79.1 Å². The number of carboxylic acids is 1. The lowest BCUT2D eigenvalue weighted by Crippen LogP contribution is -1.99. The largest absolute Gasteiger partial charge is 0.478 e. The summed E-state index contributed by atoms with van der Waals surface area (Å²) < 4.78 is 0.825. The molecule has 0 amide bonds. The fraction of sp³-hybridized carbons (Fsp3) is 0. The van der Waals surface area contributed by atoms with Crippen molar-refractivity contribution in [2.45, 2.75) is 0 Å². The second-order valence-corrected chi connectivity index (χ2v) is 3.82. The lowest BCUT2D eigenvalue weighted by Gasteiger charge is -1.93. The van der Waals surface area contributed by atoms with E-state index in [-0.39, 0.29) is 11.4 Å². The van der Waals surface area contributed by atoms with Crippen LogP contribution in [0.4, 0.5) is 5.82 Å². The fourth-order valence-electron chi connectivity index (χ4n) is 1.42. The van der Waals surface area contributed by atoms with Crippen molar-refractivity contribution in [1.82, 2.24) is 4.98 Å². The Labute approximate surface area is 87.9 Å². The van der Waals surface area contributed by atoms with Crippen molar-refractivity contribution in [3.8, 4) is 0 Å². The molecule has 0 saturated heterocycles. The molecule has 4 nitrogen and oxygen atoms in total. The molecule has 0 saturated carbocycles. The molecule has 0 aliphatic rings. The number of aromatic nitrogens is 1. The number of H-pyrrole nitrogens is 1. The smallest absolute Gasteiger partial charge is 0.340 e. The Morgan fingerprint density at radius 3 is 2.86 bits per heavy atom. The van der Waals surface area contributed by atoms with E-state index in [0.717, 1.165) is 9.99 Å². The molecule has 0 spiro atoms. The number of fused-ring (bicyclic) bond motifs is 1. The summed E-state index contributed by atoms with van der Waals surface area (Å²) in [7, 11) is 0. The summed E-state index contributed by atoms with van der Waals surface area (Å²) in [5, 5.41) is 9.54. The molecule has 1 aromatic heterocycles. The number of benzene rings is 1. The van der Waals surface area contributed by atoms with E-state index in [1.165, 1.54) is 0 Å². The third-order valence-electron chi connectivity index (χ3n) is 2.00. The van der Waals surface area contributed by atoms with Crippen LogP contribution < -0.4 is 5.73 Å². The number of carboxylic acid groups (broad SMARTS) is 1. The monoisotopic (exact) mass is 254 g/mol. The van der Waals surface area contributed by atoms with Crippen molar-refractivity contribution in [2.24, 2.45) is 0 Å². The minimum Gasteiger partial charge on any atom is -0.478 e. The first kappa shape index (κ1) is 9.08. The van der Waals surface area contributed by atoms with E-state index >= 15 is 0 Å². The molecule has 2 aromatic rings. The van der Waals surface area contributed by atoms with Crippen LogP contribution in [0.3, 0.4) is 0 Å². The number of aromatic carboxylic acids is 1. The van der Waals surface area contributed by atoms with Crippen molar-refractivity contribution in [1.29, 1.82) is 0 Å². The Balaban J connectivity index is 2.86. The first-order valence-corrected chi connectivity index (χ1v) is 4.69. The van der Waals surface area contributed by atoms with Gasteiger partial charge in [-0.3, -0.25) is 0 Å². The van der Waals surface area contributed by atoms with Gasteiger partial charge in [-0.15, -0.1) is 0 Å². The van der Waals surface area contributed by atoms with Crippen LogP contribution in [0.15, 0.2) is 22.7 Å². The van der Waals surface area contributed by atoms with Crippen molar-refractivity contribution in [3.63, 3.8) is 0 Å². The number of nitrogen functional groups attached to an aromatic ring is 1. The quantitative estimate of drug-likeness (QED) is 0.730. The Morgan fingerprint density at radius 1 is 1.50 bits per heavy atom. The molecular formula is C9H7BrN2O2. The molecule has 0 aliphatic heterocycles. The molecule has 1 aromatic carbocycles.